The van der Waals surface area contributed by atoms with Gasteiger partial charge in [0.25, 0.3) is 0 Å². The fraction of sp³-hybridized carbons (Fsp3) is 0.333. The van der Waals surface area contributed by atoms with Gasteiger partial charge in [-0.1, -0.05) is 23.7 Å². The third-order valence-corrected chi connectivity index (χ3v) is 5.53. The van der Waals surface area contributed by atoms with E-state index in [2.05, 4.69) is 35.9 Å². The molecule has 0 spiro atoms. The molecule has 26 heavy (non-hydrogen) atoms. The van der Waals surface area contributed by atoms with Crippen LogP contribution in [-0.4, -0.2) is 47.8 Å². The minimum atomic E-state index is 0.331. The maximum Gasteiger partial charge on any atom is 0.199 e. The number of rotatable bonds is 3. The van der Waals surface area contributed by atoms with Crippen LogP contribution < -0.4 is 4.90 Å². The topological polar surface area (TPSA) is 31.6 Å². The summed E-state index contributed by atoms with van der Waals surface area (Å²) in [5, 5.41) is 13.5. The number of hydrogen-bond acceptors (Lipinski definition) is 3. The molecule has 1 aliphatic rings. The molecular formula is C21H24ClN3O. The largest absolute Gasteiger partial charge is 0.494 e. The predicted octanol–water partition coefficient (Wildman–Crippen LogP) is 4.11. The molecule has 136 valence electrons. The molecule has 1 aliphatic heterocycles. The lowest BCUT2D eigenvalue weighted by molar-refractivity contribution is 0.313. The van der Waals surface area contributed by atoms with Crippen molar-refractivity contribution < 1.29 is 5.11 Å². The Balaban J connectivity index is 1.67. The Kier molecular flexibility index (Phi) is 4.55. The van der Waals surface area contributed by atoms with Crippen LogP contribution in [0.2, 0.25) is 5.02 Å². The summed E-state index contributed by atoms with van der Waals surface area (Å²) in [6.45, 7) is 6.95. The molecule has 0 saturated carbocycles. The number of halogens is 1. The van der Waals surface area contributed by atoms with Gasteiger partial charge in [-0.15, -0.1) is 0 Å². The summed E-state index contributed by atoms with van der Waals surface area (Å²) in [7, 11) is 2.17. The van der Waals surface area contributed by atoms with Gasteiger partial charge in [-0.3, -0.25) is 0 Å². The van der Waals surface area contributed by atoms with Crippen molar-refractivity contribution in [2.75, 3.05) is 38.1 Å². The maximum absolute atomic E-state index is 10.7. The molecule has 0 amide bonds. The van der Waals surface area contributed by atoms with Crippen molar-refractivity contribution in [2.24, 2.45) is 0 Å². The summed E-state index contributed by atoms with van der Waals surface area (Å²) in [4.78, 5) is 4.79. The molecule has 0 unspecified atom stereocenters. The Morgan fingerprint density at radius 3 is 2.42 bits per heavy atom. The van der Waals surface area contributed by atoms with Gasteiger partial charge in [0.15, 0.2) is 5.88 Å². The summed E-state index contributed by atoms with van der Waals surface area (Å²) in [5.74, 6) is 0.331. The maximum atomic E-state index is 10.7. The van der Waals surface area contributed by atoms with Crippen molar-refractivity contribution in [3.05, 3.63) is 58.7 Å². The van der Waals surface area contributed by atoms with Crippen molar-refractivity contribution in [1.82, 2.24) is 9.47 Å². The van der Waals surface area contributed by atoms with Gasteiger partial charge in [0, 0.05) is 53.9 Å². The Labute approximate surface area is 159 Å². The normalized spacial score (nSPS) is 15.7. The van der Waals surface area contributed by atoms with Gasteiger partial charge in [-0.25, -0.2) is 0 Å². The third-order valence-electron chi connectivity index (χ3n) is 5.28. The van der Waals surface area contributed by atoms with Crippen LogP contribution in [0.4, 0.5) is 5.69 Å². The van der Waals surface area contributed by atoms with Gasteiger partial charge >= 0.3 is 0 Å². The van der Waals surface area contributed by atoms with Gasteiger partial charge in [-0.2, -0.15) is 0 Å². The van der Waals surface area contributed by atoms with E-state index >= 15 is 0 Å². The molecule has 0 aliphatic carbocycles. The molecule has 1 aromatic heterocycles. The summed E-state index contributed by atoms with van der Waals surface area (Å²) in [6, 6.07) is 12.2. The highest BCUT2D eigenvalue weighted by molar-refractivity contribution is 6.30. The number of likely N-dealkylation sites (N-methyl/N-ethyl adjacent to an activating group) is 1. The predicted molar refractivity (Wildman–Crippen MR) is 109 cm³/mol. The van der Waals surface area contributed by atoms with E-state index in [4.69, 9.17) is 11.6 Å². The number of aromatic hydroxyl groups is 1. The molecule has 1 saturated heterocycles. The first-order chi connectivity index (χ1) is 12.5. The Hall–Kier alpha value is -2.17. The third kappa shape index (κ3) is 3.27. The standard InChI is InChI=1S/C21H24ClN3O/c1-15-11-19(24-9-7-23(2)8-10-24)12-17-14-25(21(26)20(15)17)13-16-3-5-18(22)6-4-16/h3-6,11-12,14,26H,7-10,13H2,1-2H3. The van der Waals surface area contributed by atoms with Crippen LogP contribution in [0.5, 0.6) is 5.88 Å². The van der Waals surface area contributed by atoms with Crippen LogP contribution >= 0.6 is 11.6 Å². The zero-order valence-corrected chi connectivity index (χ0v) is 16.0. The Morgan fingerprint density at radius 2 is 1.73 bits per heavy atom. The molecule has 3 aromatic rings. The smallest absolute Gasteiger partial charge is 0.199 e. The van der Waals surface area contributed by atoms with Crippen LogP contribution in [0.3, 0.4) is 0 Å². The number of aromatic nitrogens is 1. The first-order valence-electron chi connectivity index (χ1n) is 9.01. The van der Waals surface area contributed by atoms with Gasteiger partial charge in [0.1, 0.15) is 0 Å². The molecule has 0 atom stereocenters. The fourth-order valence-electron chi connectivity index (χ4n) is 3.73. The van der Waals surface area contributed by atoms with E-state index in [1.165, 1.54) is 5.69 Å². The fourth-order valence-corrected chi connectivity index (χ4v) is 3.85. The van der Waals surface area contributed by atoms with Crippen LogP contribution in [-0.2, 0) is 6.54 Å². The number of fused-ring (bicyclic) bond motifs is 1. The van der Waals surface area contributed by atoms with Crippen molar-refractivity contribution in [2.45, 2.75) is 13.5 Å². The van der Waals surface area contributed by atoms with E-state index in [0.29, 0.717) is 12.4 Å². The molecule has 2 aromatic carbocycles. The van der Waals surface area contributed by atoms with E-state index in [1.807, 2.05) is 35.0 Å². The SMILES string of the molecule is Cc1cc(N2CCN(C)CC2)cc2cn(Cc3ccc(Cl)cc3)c(O)c12. The molecule has 5 heteroatoms. The van der Waals surface area contributed by atoms with Crippen molar-refractivity contribution in [3.8, 4) is 5.88 Å². The molecule has 4 nitrogen and oxygen atoms in total. The second-order valence-electron chi connectivity index (χ2n) is 7.22. The van der Waals surface area contributed by atoms with Crippen LogP contribution in [0, 0.1) is 6.92 Å². The number of anilines is 1. The molecule has 2 heterocycles. The van der Waals surface area contributed by atoms with Gasteiger partial charge in [-0.05, 0) is 49.4 Å². The molecule has 0 radical (unpaired) electrons. The lowest BCUT2D eigenvalue weighted by atomic mass is 10.1. The van der Waals surface area contributed by atoms with E-state index in [9.17, 15) is 5.11 Å². The van der Waals surface area contributed by atoms with E-state index in [0.717, 1.165) is 53.1 Å². The summed E-state index contributed by atoms with van der Waals surface area (Å²) >= 11 is 5.97. The monoisotopic (exact) mass is 369 g/mol. The van der Waals surface area contributed by atoms with Crippen LogP contribution in [0.1, 0.15) is 11.1 Å². The number of aryl methyl sites for hydroxylation is 1. The van der Waals surface area contributed by atoms with E-state index in [1.54, 1.807) is 0 Å². The average Bonchev–Trinajstić information content (AvgIpc) is 2.93. The second kappa shape index (κ2) is 6.86. The van der Waals surface area contributed by atoms with E-state index in [-0.39, 0.29) is 0 Å². The number of hydrogen-bond donors (Lipinski definition) is 1. The van der Waals surface area contributed by atoms with Gasteiger partial charge in [0.05, 0.1) is 6.54 Å². The highest BCUT2D eigenvalue weighted by Crippen LogP contribution is 2.34. The number of benzene rings is 2. The molecule has 0 bridgehead atoms. The first kappa shape index (κ1) is 17.3. The summed E-state index contributed by atoms with van der Waals surface area (Å²) in [6.07, 6.45) is 2.05. The molecule has 1 fully saturated rings. The van der Waals surface area contributed by atoms with Crippen molar-refractivity contribution in [1.29, 1.82) is 0 Å². The van der Waals surface area contributed by atoms with Gasteiger partial charge in [0.2, 0.25) is 0 Å². The van der Waals surface area contributed by atoms with E-state index < -0.39 is 0 Å². The summed E-state index contributed by atoms with van der Waals surface area (Å²) in [5.41, 5.74) is 3.47. The molecular weight excluding hydrogens is 346 g/mol. The zero-order valence-electron chi connectivity index (χ0n) is 15.2. The highest BCUT2D eigenvalue weighted by Gasteiger charge is 2.18. The van der Waals surface area contributed by atoms with Crippen molar-refractivity contribution in [3.63, 3.8) is 0 Å². The van der Waals surface area contributed by atoms with Crippen LogP contribution in [0.15, 0.2) is 42.6 Å². The Morgan fingerprint density at radius 1 is 1.04 bits per heavy atom. The van der Waals surface area contributed by atoms with Gasteiger partial charge < -0.3 is 19.5 Å². The van der Waals surface area contributed by atoms with Crippen LogP contribution in [0.25, 0.3) is 10.8 Å². The first-order valence-corrected chi connectivity index (χ1v) is 9.39. The Bertz CT molecular complexity index is 925. The minimum Gasteiger partial charge on any atom is -0.494 e. The molecule has 1 N–H and O–H groups in total. The lowest BCUT2D eigenvalue weighted by Gasteiger charge is -2.34. The average molecular weight is 370 g/mol. The highest BCUT2D eigenvalue weighted by atomic mass is 35.5. The minimum absolute atomic E-state index is 0.331. The molecule has 4 rings (SSSR count). The second-order valence-corrected chi connectivity index (χ2v) is 7.66. The quantitative estimate of drug-likeness (QED) is 0.754. The number of nitrogens with zero attached hydrogens (tertiary/aromatic N) is 3. The van der Waals surface area contributed by atoms with Crippen molar-refractivity contribution >= 4 is 28.1 Å². The number of piperazine rings is 1. The zero-order chi connectivity index (χ0) is 18.3. The lowest BCUT2D eigenvalue weighted by Crippen LogP contribution is -2.44. The summed E-state index contributed by atoms with van der Waals surface area (Å²) < 4.78 is 1.91.